The Morgan fingerprint density at radius 2 is 1.22 bits per heavy atom. The number of carbonyl (C=O) groups is 2. The quantitative estimate of drug-likeness (QED) is 0.277. The lowest BCUT2D eigenvalue weighted by molar-refractivity contribution is -0.146. The van der Waals surface area contributed by atoms with Crippen molar-refractivity contribution in [3.8, 4) is 0 Å². The van der Waals surface area contributed by atoms with Gasteiger partial charge in [0.15, 0.2) is 0 Å². The van der Waals surface area contributed by atoms with Gasteiger partial charge < -0.3 is 8.92 Å². The molecule has 0 bridgehead atoms. The van der Waals surface area contributed by atoms with Gasteiger partial charge in [0.1, 0.15) is 0 Å². The summed E-state index contributed by atoms with van der Waals surface area (Å²) in [5, 5.41) is 0. The maximum absolute atomic E-state index is 11.3. The van der Waals surface area contributed by atoms with Crippen LogP contribution in [0.5, 0.6) is 0 Å². The highest BCUT2D eigenvalue weighted by Gasteiger charge is 2.09. The van der Waals surface area contributed by atoms with E-state index < -0.39 is 22.9 Å². The van der Waals surface area contributed by atoms with E-state index >= 15 is 0 Å². The lowest BCUT2D eigenvalue weighted by Gasteiger charge is -2.04. The molecule has 0 aromatic carbocycles. The zero-order valence-electron chi connectivity index (χ0n) is 14.1. The van der Waals surface area contributed by atoms with Crippen molar-refractivity contribution < 1.29 is 26.9 Å². The fourth-order valence-electron chi connectivity index (χ4n) is 2.18. The van der Waals surface area contributed by atoms with E-state index in [0.29, 0.717) is 6.61 Å². The molecule has 0 unspecified atom stereocenters. The molecule has 0 heterocycles. The van der Waals surface area contributed by atoms with Crippen molar-refractivity contribution in [3.05, 3.63) is 0 Å². The number of thiol groups is 1. The molecule has 23 heavy (non-hydrogen) atoms. The highest BCUT2D eigenvalue weighted by molar-refractivity contribution is 7.67. The lowest BCUT2D eigenvalue weighted by atomic mass is 10.1. The van der Waals surface area contributed by atoms with Gasteiger partial charge in [0.05, 0.1) is 19.4 Å². The summed E-state index contributed by atoms with van der Waals surface area (Å²) in [5.74, 6) is -1.43. The van der Waals surface area contributed by atoms with E-state index in [1.54, 1.807) is 0 Å². The van der Waals surface area contributed by atoms with Crippen molar-refractivity contribution in [2.45, 2.75) is 84.0 Å². The topological polar surface area (TPSA) is 86.7 Å². The van der Waals surface area contributed by atoms with Gasteiger partial charge in [-0.3, -0.25) is 9.59 Å². The minimum Gasteiger partial charge on any atom is -0.466 e. The third kappa shape index (κ3) is 17.1. The summed E-state index contributed by atoms with van der Waals surface area (Å²) >= 11 is 0. The molecule has 0 aromatic rings. The van der Waals surface area contributed by atoms with Crippen LogP contribution in [0.15, 0.2) is 0 Å². The van der Waals surface area contributed by atoms with Crippen LogP contribution in [0, 0.1) is 0 Å². The highest BCUT2D eigenvalue weighted by atomic mass is 32.2. The van der Waals surface area contributed by atoms with Gasteiger partial charge in [-0.15, -0.1) is 0 Å². The predicted molar refractivity (Wildman–Crippen MR) is 88.4 cm³/mol. The van der Waals surface area contributed by atoms with Gasteiger partial charge in [-0.2, -0.15) is 8.42 Å². The van der Waals surface area contributed by atoms with E-state index in [4.69, 9.17) is 4.74 Å². The monoisotopic (exact) mass is 350 g/mol. The van der Waals surface area contributed by atoms with Crippen LogP contribution in [-0.4, -0.2) is 27.0 Å². The third-order valence-electron chi connectivity index (χ3n) is 3.47. The summed E-state index contributed by atoms with van der Waals surface area (Å²) in [6.07, 6.45) is 11.6. The van der Waals surface area contributed by atoms with Crippen LogP contribution < -0.4 is 0 Å². The fraction of sp³-hybridized carbons (Fsp3) is 0.875. The fourth-order valence-corrected chi connectivity index (χ4v) is 2.44. The smallest absolute Gasteiger partial charge is 0.322 e. The standard InChI is InChI=1S/C16H30O6S/c1-2-3-4-5-6-7-8-9-10-11-14-21-15(17)12-13-16(18)22-23(19)20/h23H,2-14H2,1H3. The molecule has 136 valence electrons. The van der Waals surface area contributed by atoms with Gasteiger partial charge in [0, 0.05) is 0 Å². The Balaban J connectivity index is 3.31. The van der Waals surface area contributed by atoms with Crippen molar-refractivity contribution in [2.24, 2.45) is 0 Å². The van der Waals surface area contributed by atoms with Crippen molar-refractivity contribution in [3.63, 3.8) is 0 Å². The molecule has 6 nitrogen and oxygen atoms in total. The predicted octanol–water partition coefficient (Wildman–Crippen LogP) is 3.30. The molecular formula is C16H30O6S. The van der Waals surface area contributed by atoms with Crippen LogP contribution in [0.2, 0.25) is 0 Å². The van der Waals surface area contributed by atoms with Crippen molar-refractivity contribution in [1.82, 2.24) is 0 Å². The Kier molecular flexibility index (Phi) is 15.0. The second-order valence-electron chi connectivity index (χ2n) is 5.59. The number of esters is 1. The van der Waals surface area contributed by atoms with Crippen LogP contribution in [0.25, 0.3) is 0 Å². The zero-order chi connectivity index (χ0) is 17.3. The van der Waals surface area contributed by atoms with Crippen molar-refractivity contribution >= 4 is 22.9 Å². The summed E-state index contributed by atoms with van der Waals surface area (Å²) in [7, 11) is -3.20. The van der Waals surface area contributed by atoms with E-state index in [1.165, 1.54) is 44.9 Å². The van der Waals surface area contributed by atoms with Crippen molar-refractivity contribution in [1.29, 1.82) is 0 Å². The maximum atomic E-state index is 11.3. The average molecular weight is 350 g/mol. The average Bonchev–Trinajstić information content (AvgIpc) is 2.50. The summed E-state index contributed by atoms with van der Waals surface area (Å²) in [5.41, 5.74) is 0. The third-order valence-corrected chi connectivity index (χ3v) is 3.82. The molecule has 0 radical (unpaired) electrons. The minimum atomic E-state index is -3.20. The summed E-state index contributed by atoms with van der Waals surface area (Å²) in [4.78, 5) is 22.2. The van der Waals surface area contributed by atoms with Crippen LogP contribution >= 0.6 is 0 Å². The lowest BCUT2D eigenvalue weighted by Crippen LogP contribution is -2.10. The molecule has 0 aliphatic carbocycles. The molecule has 0 saturated carbocycles. The van der Waals surface area contributed by atoms with Crippen LogP contribution in [0.4, 0.5) is 0 Å². The van der Waals surface area contributed by atoms with E-state index in [9.17, 15) is 18.0 Å². The van der Waals surface area contributed by atoms with Gasteiger partial charge in [-0.05, 0) is 6.42 Å². The maximum Gasteiger partial charge on any atom is 0.322 e. The summed E-state index contributed by atoms with van der Waals surface area (Å²) in [6, 6.07) is 0. The first-order valence-electron chi connectivity index (χ1n) is 8.57. The molecule has 7 heteroatoms. The number of hydrogen-bond acceptors (Lipinski definition) is 6. The number of ether oxygens (including phenoxy) is 1. The molecule has 0 rings (SSSR count). The summed E-state index contributed by atoms with van der Waals surface area (Å²) < 4.78 is 29.1. The second kappa shape index (κ2) is 15.8. The molecule has 0 saturated heterocycles. The van der Waals surface area contributed by atoms with Crippen LogP contribution in [0.1, 0.15) is 84.0 Å². The first-order valence-corrected chi connectivity index (χ1v) is 9.66. The number of hydrogen-bond donors (Lipinski definition) is 1. The Bertz CT molecular complexity index is 384. The van der Waals surface area contributed by atoms with Crippen LogP contribution in [0.3, 0.4) is 0 Å². The number of rotatable bonds is 15. The van der Waals surface area contributed by atoms with Gasteiger partial charge in [0.2, 0.25) is 0 Å². The normalized spacial score (nSPS) is 10.7. The molecule has 0 spiro atoms. The Hall–Kier alpha value is -1.11. The number of carbonyl (C=O) groups excluding carboxylic acids is 2. The molecule has 0 fully saturated rings. The van der Waals surface area contributed by atoms with E-state index in [2.05, 4.69) is 11.1 Å². The molecule has 0 amide bonds. The Morgan fingerprint density at radius 1 is 0.739 bits per heavy atom. The largest absolute Gasteiger partial charge is 0.466 e. The van der Waals surface area contributed by atoms with Gasteiger partial charge >= 0.3 is 22.9 Å². The first-order chi connectivity index (χ1) is 11.1. The molecule has 0 aliphatic heterocycles. The zero-order valence-corrected chi connectivity index (χ0v) is 15.0. The number of unbranched alkanes of at least 4 members (excludes halogenated alkanes) is 9. The Morgan fingerprint density at radius 3 is 1.74 bits per heavy atom. The molecule has 0 aromatic heterocycles. The van der Waals surface area contributed by atoms with Crippen molar-refractivity contribution in [2.75, 3.05) is 6.61 Å². The minimum absolute atomic E-state index is 0.153. The van der Waals surface area contributed by atoms with Gasteiger partial charge in [-0.25, -0.2) is 0 Å². The SMILES string of the molecule is CCCCCCCCCCCCOC(=O)CCC(=O)O[SH](=O)=O. The van der Waals surface area contributed by atoms with E-state index in [-0.39, 0.29) is 12.8 Å². The second-order valence-corrected chi connectivity index (χ2v) is 6.22. The van der Waals surface area contributed by atoms with Gasteiger partial charge in [-0.1, -0.05) is 64.7 Å². The molecule has 0 N–H and O–H groups in total. The molecular weight excluding hydrogens is 320 g/mol. The molecule has 0 atom stereocenters. The first kappa shape index (κ1) is 21.9. The van der Waals surface area contributed by atoms with Gasteiger partial charge in [0.25, 0.3) is 0 Å². The van der Waals surface area contributed by atoms with E-state index in [1.807, 2.05) is 0 Å². The van der Waals surface area contributed by atoms with E-state index in [0.717, 1.165) is 19.3 Å². The van der Waals surface area contributed by atoms with Crippen LogP contribution in [-0.2, 0) is 29.5 Å². The Labute approximate surface area is 141 Å². The highest BCUT2D eigenvalue weighted by Crippen LogP contribution is 2.10. The molecule has 0 aliphatic rings. The summed E-state index contributed by atoms with van der Waals surface area (Å²) in [6.45, 7) is 2.56.